The van der Waals surface area contributed by atoms with Gasteiger partial charge in [-0.2, -0.15) is 0 Å². The number of aryl methyl sites for hydroxylation is 2. The highest BCUT2D eigenvalue weighted by Crippen LogP contribution is 2.40. The third-order valence-corrected chi connectivity index (χ3v) is 3.58. The zero-order valence-corrected chi connectivity index (χ0v) is 12.4. The Morgan fingerprint density at radius 2 is 1.85 bits per heavy atom. The van der Waals surface area contributed by atoms with Gasteiger partial charge >= 0.3 is 5.97 Å². The number of esters is 1. The second-order valence-corrected chi connectivity index (χ2v) is 4.67. The number of methoxy groups -OCH3 is 1. The zero-order valence-electron chi connectivity index (χ0n) is 12.4. The van der Waals surface area contributed by atoms with Crippen LogP contribution in [-0.4, -0.2) is 19.7 Å². The number of carbonyl (C=O) groups is 1. The lowest BCUT2D eigenvalue weighted by Gasteiger charge is -2.12. The van der Waals surface area contributed by atoms with E-state index in [1.54, 1.807) is 14.0 Å². The quantitative estimate of drug-likeness (QED) is 0.872. The number of carbonyl (C=O) groups excluding carboxylic acids is 1. The second-order valence-electron chi connectivity index (χ2n) is 4.67. The SMILES string of the molecule is CCOC(=O)c1c(N)oc2c(C)c(C)c(OC)c(C)c12. The molecule has 0 unspecified atom stereocenters. The number of anilines is 1. The van der Waals surface area contributed by atoms with Crippen LogP contribution in [0.15, 0.2) is 4.42 Å². The maximum atomic E-state index is 12.1. The van der Waals surface area contributed by atoms with Crippen LogP contribution in [0, 0.1) is 20.8 Å². The molecular formula is C15H19NO4. The van der Waals surface area contributed by atoms with Crippen molar-refractivity contribution in [3.8, 4) is 5.75 Å². The highest BCUT2D eigenvalue weighted by Gasteiger charge is 2.26. The molecule has 2 aromatic rings. The molecule has 0 aliphatic carbocycles. The van der Waals surface area contributed by atoms with E-state index >= 15 is 0 Å². The minimum Gasteiger partial charge on any atom is -0.496 e. The van der Waals surface area contributed by atoms with Crippen molar-refractivity contribution in [2.45, 2.75) is 27.7 Å². The molecule has 20 heavy (non-hydrogen) atoms. The fourth-order valence-corrected chi connectivity index (χ4v) is 2.52. The third-order valence-electron chi connectivity index (χ3n) is 3.58. The zero-order chi connectivity index (χ0) is 15.0. The molecule has 0 aliphatic heterocycles. The van der Waals surface area contributed by atoms with Crippen molar-refractivity contribution < 1.29 is 18.7 Å². The Kier molecular flexibility index (Phi) is 3.61. The summed E-state index contributed by atoms with van der Waals surface area (Å²) in [6.45, 7) is 7.78. The van der Waals surface area contributed by atoms with E-state index in [0.717, 1.165) is 22.4 Å². The minimum atomic E-state index is -0.475. The van der Waals surface area contributed by atoms with Crippen molar-refractivity contribution in [3.05, 3.63) is 22.3 Å². The van der Waals surface area contributed by atoms with Gasteiger partial charge in [-0.05, 0) is 38.8 Å². The second kappa shape index (κ2) is 5.07. The number of nitrogens with two attached hydrogens (primary N) is 1. The fourth-order valence-electron chi connectivity index (χ4n) is 2.52. The lowest BCUT2D eigenvalue weighted by atomic mass is 9.98. The van der Waals surface area contributed by atoms with E-state index < -0.39 is 5.97 Å². The van der Waals surface area contributed by atoms with Crippen LogP contribution in [0.25, 0.3) is 11.0 Å². The van der Waals surface area contributed by atoms with Crippen molar-refractivity contribution in [1.82, 2.24) is 0 Å². The van der Waals surface area contributed by atoms with Gasteiger partial charge in [-0.3, -0.25) is 0 Å². The van der Waals surface area contributed by atoms with Crippen molar-refractivity contribution in [2.24, 2.45) is 0 Å². The highest BCUT2D eigenvalue weighted by atomic mass is 16.5. The Balaban J connectivity index is 2.87. The van der Waals surface area contributed by atoms with Gasteiger partial charge in [0, 0.05) is 10.9 Å². The van der Waals surface area contributed by atoms with Crippen LogP contribution >= 0.6 is 0 Å². The molecule has 1 heterocycles. The lowest BCUT2D eigenvalue weighted by molar-refractivity contribution is 0.0529. The molecule has 0 bridgehead atoms. The molecule has 0 saturated carbocycles. The van der Waals surface area contributed by atoms with E-state index in [1.165, 1.54) is 0 Å². The largest absolute Gasteiger partial charge is 0.496 e. The first-order valence-corrected chi connectivity index (χ1v) is 6.46. The van der Waals surface area contributed by atoms with Gasteiger partial charge in [-0.15, -0.1) is 0 Å². The van der Waals surface area contributed by atoms with E-state index in [4.69, 9.17) is 19.6 Å². The predicted molar refractivity (Wildman–Crippen MR) is 77.3 cm³/mol. The van der Waals surface area contributed by atoms with Gasteiger partial charge in [-0.1, -0.05) is 0 Å². The minimum absolute atomic E-state index is 0.0808. The van der Waals surface area contributed by atoms with Crippen LogP contribution in [0.5, 0.6) is 5.75 Å². The van der Waals surface area contributed by atoms with Gasteiger partial charge in [0.05, 0.1) is 13.7 Å². The fraction of sp³-hybridized carbons (Fsp3) is 0.400. The normalized spacial score (nSPS) is 10.8. The molecule has 2 N–H and O–H groups in total. The molecule has 0 fully saturated rings. The first-order chi connectivity index (χ1) is 9.43. The van der Waals surface area contributed by atoms with Crippen LogP contribution in [0.3, 0.4) is 0 Å². The Morgan fingerprint density at radius 3 is 2.40 bits per heavy atom. The van der Waals surface area contributed by atoms with Crippen LogP contribution in [0.1, 0.15) is 34.0 Å². The molecular weight excluding hydrogens is 258 g/mol. The van der Waals surface area contributed by atoms with Crippen molar-refractivity contribution in [3.63, 3.8) is 0 Å². The van der Waals surface area contributed by atoms with Gasteiger partial charge in [0.1, 0.15) is 16.9 Å². The molecule has 108 valence electrons. The molecule has 5 nitrogen and oxygen atoms in total. The summed E-state index contributed by atoms with van der Waals surface area (Å²) in [6.07, 6.45) is 0. The van der Waals surface area contributed by atoms with Gasteiger partial charge < -0.3 is 19.6 Å². The molecule has 0 saturated heterocycles. The van der Waals surface area contributed by atoms with E-state index in [0.29, 0.717) is 11.0 Å². The number of hydrogen-bond donors (Lipinski definition) is 1. The monoisotopic (exact) mass is 277 g/mol. The first kappa shape index (κ1) is 14.2. The molecule has 0 radical (unpaired) electrons. The smallest absolute Gasteiger partial charge is 0.344 e. The molecule has 1 aromatic heterocycles. The van der Waals surface area contributed by atoms with Crippen molar-refractivity contribution in [1.29, 1.82) is 0 Å². The summed E-state index contributed by atoms with van der Waals surface area (Å²) < 4.78 is 16.1. The van der Waals surface area contributed by atoms with Crippen LogP contribution in [0.4, 0.5) is 5.88 Å². The first-order valence-electron chi connectivity index (χ1n) is 6.46. The molecule has 0 spiro atoms. The van der Waals surface area contributed by atoms with Crippen molar-refractivity contribution >= 4 is 22.8 Å². The number of nitrogen functional groups attached to an aromatic ring is 1. The van der Waals surface area contributed by atoms with Crippen LogP contribution < -0.4 is 10.5 Å². The van der Waals surface area contributed by atoms with Crippen LogP contribution in [-0.2, 0) is 4.74 Å². The molecule has 0 atom stereocenters. The van der Waals surface area contributed by atoms with E-state index in [2.05, 4.69) is 0 Å². The van der Waals surface area contributed by atoms with Gasteiger partial charge in [0.15, 0.2) is 0 Å². The van der Waals surface area contributed by atoms with Gasteiger partial charge in [-0.25, -0.2) is 4.79 Å². The topological polar surface area (TPSA) is 74.7 Å². The van der Waals surface area contributed by atoms with Gasteiger partial charge in [0.25, 0.3) is 0 Å². The summed E-state index contributed by atoms with van der Waals surface area (Å²) in [7, 11) is 1.61. The van der Waals surface area contributed by atoms with E-state index in [1.807, 2.05) is 20.8 Å². The molecule has 0 aliphatic rings. The number of hydrogen-bond acceptors (Lipinski definition) is 5. The number of furan rings is 1. The number of rotatable bonds is 3. The average molecular weight is 277 g/mol. The maximum absolute atomic E-state index is 12.1. The van der Waals surface area contributed by atoms with E-state index in [9.17, 15) is 4.79 Å². The number of fused-ring (bicyclic) bond motifs is 1. The summed E-state index contributed by atoms with van der Waals surface area (Å²) in [4.78, 5) is 12.1. The Bertz CT molecular complexity index is 685. The van der Waals surface area contributed by atoms with Crippen molar-refractivity contribution in [2.75, 3.05) is 19.5 Å². The predicted octanol–water partition coefficient (Wildman–Crippen LogP) is 3.13. The number of benzene rings is 1. The average Bonchev–Trinajstić information content (AvgIpc) is 2.75. The summed E-state index contributed by atoms with van der Waals surface area (Å²) in [5.41, 5.74) is 9.46. The molecule has 0 amide bonds. The van der Waals surface area contributed by atoms with Gasteiger partial charge in [0.2, 0.25) is 5.88 Å². The highest BCUT2D eigenvalue weighted by molar-refractivity contribution is 6.10. The standard InChI is InChI=1S/C15H19NO4/c1-6-19-15(17)11-10-9(4)12(18-5)7(2)8(3)13(10)20-14(11)16/h6,16H2,1-5H3. The third kappa shape index (κ3) is 1.90. The lowest BCUT2D eigenvalue weighted by Crippen LogP contribution is -2.07. The molecule has 5 heteroatoms. The summed E-state index contributed by atoms with van der Waals surface area (Å²) in [5.74, 6) is 0.343. The maximum Gasteiger partial charge on any atom is 0.344 e. The summed E-state index contributed by atoms with van der Waals surface area (Å²) in [5, 5.41) is 0.668. The molecule has 1 aromatic carbocycles. The molecule has 2 rings (SSSR count). The summed E-state index contributed by atoms with van der Waals surface area (Å²) >= 11 is 0. The summed E-state index contributed by atoms with van der Waals surface area (Å²) in [6, 6.07) is 0. The Hall–Kier alpha value is -2.17. The number of ether oxygens (including phenoxy) is 2. The van der Waals surface area contributed by atoms with E-state index in [-0.39, 0.29) is 18.1 Å². The Morgan fingerprint density at radius 1 is 1.20 bits per heavy atom. The Labute approximate surface area is 117 Å². The van der Waals surface area contributed by atoms with Crippen LogP contribution in [0.2, 0.25) is 0 Å².